The normalized spacial score (nSPS) is 17.2. The molecular formula is C24H30N2O3. The molecule has 1 N–H and O–H groups in total. The van der Waals surface area contributed by atoms with E-state index in [-0.39, 0.29) is 18.4 Å². The molecule has 1 amide bonds. The fourth-order valence-electron chi connectivity index (χ4n) is 4.22. The number of amides is 1. The predicted octanol–water partition coefficient (Wildman–Crippen LogP) is 3.81. The van der Waals surface area contributed by atoms with Crippen molar-refractivity contribution in [2.45, 2.75) is 31.7 Å². The van der Waals surface area contributed by atoms with Crippen LogP contribution in [0, 0.1) is 5.92 Å². The van der Waals surface area contributed by atoms with E-state index in [9.17, 15) is 9.59 Å². The highest BCUT2D eigenvalue weighted by Gasteiger charge is 2.27. The molecule has 0 spiro atoms. The van der Waals surface area contributed by atoms with E-state index in [1.807, 2.05) is 48.3 Å². The Bertz CT molecular complexity index is 755. The zero-order chi connectivity index (χ0) is 20.6. The Labute approximate surface area is 172 Å². The summed E-state index contributed by atoms with van der Waals surface area (Å²) in [6.07, 6.45) is 2.95. The van der Waals surface area contributed by atoms with Crippen LogP contribution in [0.4, 0.5) is 0 Å². The molecule has 0 radical (unpaired) electrons. The van der Waals surface area contributed by atoms with E-state index < -0.39 is 5.97 Å². The van der Waals surface area contributed by atoms with Gasteiger partial charge in [-0.1, -0.05) is 60.7 Å². The number of carboxylic acids is 1. The molecule has 1 aliphatic rings. The molecule has 154 valence electrons. The van der Waals surface area contributed by atoms with E-state index in [4.69, 9.17) is 5.11 Å². The molecule has 0 bridgehead atoms. The van der Waals surface area contributed by atoms with Gasteiger partial charge in [0.2, 0.25) is 5.91 Å². The summed E-state index contributed by atoms with van der Waals surface area (Å²) >= 11 is 0. The first-order chi connectivity index (χ1) is 14.0. The molecular weight excluding hydrogens is 364 g/mol. The molecule has 0 saturated carbocycles. The van der Waals surface area contributed by atoms with Crippen LogP contribution < -0.4 is 0 Å². The van der Waals surface area contributed by atoms with E-state index in [1.54, 1.807) is 0 Å². The molecule has 3 rings (SSSR count). The third-order valence-electron chi connectivity index (χ3n) is 5.74. The molecule has 0 aliphatic carbocycles. The van der Waals surface area contributed by atoms with Gasteiger partial charge in [-0.25, -0.2) is 0 Å². The van der Waals surface area contributed by atoms with Gasteiger partial charge in [0.1, 0.15) is 0 Å². The summed E-state index contributed by atoms with van der Waals surface area (Å²) in [5.74, 6) is -0.301. The van der Waals surface area contributed by atoms with Crippen molar-refractivity contribution >= 4 is 11.9 Å². The van der Waals surface area contributed by atoms with Crippen LogP contribution in [0.15, 0.2) is 60.7 Å². The quantitative estimate of drug-likeness (QED) is 0.740. The van der Waals surface area contributed by atoms with Gasteiger partial charge in [0.15, 0.2) is 0 Å². The second kappa shape index (κ2) is 10.2. The molecule has 1 saturated heterocycles. The molecule has 1 fully saturated rings. The van der Waals surface area contributed by atoms with E-state index in [0.29, 0.717) is 18.9 Å². The smallest absolute Gasteiger partial charge is 0.303 e. The Balaban J connectivity index is 1.69. The third kappa shape index (κ3) is 5.91. The topological polar surface area (TPSA) is 60.9 Å². The van der Waals surface area contributed by atoms with Gasteiger partial charge >= 0.3 is 5.97 Å². The number of rotatable bonds is 8. The van der Waals surface area contributed by atoms with Gasteiger partial charge < -0.3 is 10.0 Å². The predicted molar refractivity (Wildman–Crippen MR) is 114 cm³/mol. The molecule has 5 heteroatoms. The molecule has 1 unspecified atom stereocenters. The SMILES string of the molecule is CN(C(=O)CN1CCCC(CCC(=O)O)C1)C(c1ccccc1)c1ccccc1. The maximum atomic E-state index is 13.2. The Morgan fingerprint density at radius 1 is 1.07 bits per heavy atom. The van der Waals surface area contributed by atoms with Crippen molar-refractivity contribution in [3.05, 3.63) is 71.8 Å². The lowest BCUT2D eigenvalue weighted by Crippen LogP contribution is -2.44. The Morgan fingerprint density at radius 3 is 2.21 bits per heavy atom. The fourth-order valence-corrected chi connectivity index (χ4v) is 4.22. The van der Waals surface area contributed by atoms with Crippen molar-refractivity contribution < 1.29 is 14.7 Å². The zero-order valence-electron chi connectivity index (χ0n) is 17.0. The molecule has 1 atom stereocenters. The highest BCUT2D eigenvalue weighted by atomic mass is 16.4. The zero-order valence-corrected chi connectivity index (χ0v) is 17.0. The van der Waals surface area contributed by atoms with E-state index >= 15 is 0 Å². The minimum Gasteiger partial charge on any atom is -0.481 e. The van der Waals surface area contributed by atoms with Crippen LogP contribution in [-0.2, 0) is 9.59 Å². The number of benzene rings is 2. The third-order valence-corrected chi connectivity index (χ3v) is 5.74. The van der Waals surface area contributed by atoms with E-state index in [1.165, 1.54) is 0 Å². The highest BCUT2D eigenvalue weighted by molar-refractivity contribution is 5.79. The first-order valence-corrected chi connectivity index (χ1v) is 10.3. The van der Waals surface area contributed by atoms with Gasteiger partial charge in [-0.2, -0.15) is 0 Å². The van der Waals surface area contributed by atoms with Gasteiger partial charge in [0.25, 0.3) is 0 Å². The number of hydrogen-bond acceptors (Lipinski definition) is 3. The lowest BCUT2D eigenvalue weighted by atomic mass is 9.93. The lowest BCUT2D eigenvalue weighted by molar-refractivity contribution is -0.138. The minimum atomic E-state index is -0.744. The van der Waals surface area contributed by atoms with Crippen LogP contribution in [0.5, 0.6) is 0 Å². The van der Waals surface area contributed by atoms with Crippen LogP contribution in [0.2, 0.25) is 0 Å². The number of nitrogens with zero attached hydrogens (tertiary/aromatic N) is 2. The summed E-state index contributed by atoms with van der Waals surface area (Å²) < 4.78 is 0. The summed E-state index contributed by atoms with van der Waals surface area (Å²) in [6, 6.07) is 20.1. The van der Waals surface area contributed by atoms with Crippen molar-refractivity contribution in [3.63, 3.8) is 0 Å². The number of carbonyl (C=O) groups excluding carboxylic acids is 1. The second-order valence-electron chi connectivity index (χ2n) is 7.90. The summed E-state index contributed by atoms with van der Waals surface area (Å²) in [7, 11) is 1.87. The van der Waals surface area contributed by atoms with E-state index in [2.05, 4.69) is 29.2 Å². The molecule has 1 heterocycles. The second-order valence-corrected chi connectivity index (χ2v) is 7.90. The number of carbonyl (C=O) groups is 2. The molecule has 2 aromatic rings. The van der Waals surface area contributed by atoms with Crippen molar-refractivity contribution in [2.75, 3.05) is 26.7 Å². The summed E-state index contributed by atoms with van der Waals surface area (Å²) in [6.45, 7) is 2.06. The monoisotopic (exact) mass is 394 g/mol. The van der Waals surface area contributed by atoms with Crippen molar-refractivity contribution in [1.82, 2.24) is 9.80 Å². The number of hydrogen-bond donors (Lipinski definition) is 1. The van der Waals surface area contributed by atoms with E-state index in [0.717, 1.165) is 37.1 Å². The Morgan fingerprint density at radius 2 is 1.66 bits per heavy atom. The first-order valence-electron chi connectivity index (χ1n) is 10.3. The van der Waals surface area contributed by atoms with Crippen LogP contribution in [0.3, 0.4) is 0 Å². The van der Waals surface area contributed by atoms with Crippen LogP contribution in [0.25, 0.3) is 0 Å². The number of carboxylic acid groups (broad SMARTS) is 1. The fraction of sp³-hybridized carbons (Fsp3) is 0.417. The standard InChI is InChI=1S/C24H30N2O3/c1-25(22(27)18-26-16-8-9-19(17-26)14-15-23(28)29)24(20-10-4-2-5-11-20)21-12-6-3-7-13-21/h2-7,10-13,19,24H,8-9,14-18H2,1H3,(H,28,29). The lowest BCUT2D eigenvalue weighted by Gasteiger charge is -2.35. The van der Waals surface area contributed by atoms with Crippen LogP contribution in [0.1, 0.15) is 42.9 Å². The molecule has 29 heavy (non-hydrogen) atoms. The highest BCUT2D eigenvalue weighted by Crippen LogP contribution is 2.28. The van der Waals surface area contributed by atoms with Crippen molar-refractivity contribution in [2.24, 2.45) is 5.92 Å². The van der Waals surface area contributed by atoms with Crippen LogP contribution in [-0.4, -0.2) is 53.5 Å². The van der Waals surface area contributed by atoms with Crippen LogP contribution >= 0.6 is 0 Å². The number of aliphatic carboxylic acids is 1. The number of likely N-dealkylation sites (tertiary alicyclic amines) is 1. The molecule has 0 aromatic heterocycles. The Hall–Kier alpha value is -2.66. The molecule has 5 nitrogen and oxygen atoms in total. The van der Waals surface area contributed by atoms with Crippen molar-refractivity contribution in [1.29, 1.82) is 0 Å². The van der Waals surface area contributed by atoms with Crippen molar-refractivity contribution in [3.8, 4) is 0 Å². The number of likely N-dealkylation sites (N-methyl/N-ethyl adjacent to an activating group) is 1. The van der Waals surface area contributed by atoms with Gasteiger partial charge in [-0.05, 0) is 42.9 Å². The summed E-state index contributed by atoms with van der Waals surface area (Å²) in [5.41, 5.74) is 2.18. The maximum Gasteiger partial charge on any atom is 0.303 e. The average Bonchev–Trinajstić information content (AvgIpc) is 2.74. The molecule has 2 aromatic carbocycles. The number of piperidine rings is 1. The minimum absolute atomic E-state index is 0.0848. The first kappa shape index (κ1) is 21.1. The average molecular weight is 395 g/mol. The Kier molecular flexibility index (Phi) is 7.42. The summed E-state index contributed by atoms with van der Waals surface area (Å²) in [4.78, 5) is 28.0. The maximum absolute atomic E-state index is 13.2. The van der Waals surface area contributed by atoms with Gasteiger partial charge in [0, 0.05) is 20.0 Å². The molecule has 1 aliphatic heterocycles. The largest absolute Gasteiger partial charge is 0.481 e. The van der Waals surface area contributed by atoms with Gasteiger partial charge in [0.05, 0.1) is 12.6 Å². The summed E-state index contributed by atoms with van der Waals surface area (Å²) in [5, 5.41) is 8.93. The van der Waals surface area contributed by atoms with Gasteiger partial charge in [-0.15, -0.1) is 0 Å². The van der Waals surface area contributed by atoms with Gasteiger partial charge in [-0.3, -0.25) is 14.5 Å².